The van der Waals surface area contributed by atoms with Gasteiger partial charge in [-0.3, -0.25) is 4.79 Å². The van der Waals surface area contributed by atoms with Crippen LogP contribution >= 0.6 is 0 Å². The number of hydrogen-bond acceptors (Lipinski definition) is 3. The number of carbonyl (C=O) groups excluding carboxylic acids is 1. The topological polar surface area (TPSA) is 75.3 Å². The average molecular weight is 178 g/mol. The van der Waals surface area contributed by atoms with Crippen LogP contribution in [0, 0.1) is 5.92 Å². The number of nitrogens with one attached hydrogen (secondary N) is 2. The summed E-state index contributed by atoms with van der Waals surface area (Å²) in [6.45, 7) is 3.55. The lowest BCUT2D eigenvalue weighted by molar-refractivity contribution is -0.120. The van der Waals surface area contributed by atoms with Crippen LogP contribution in [0.15, 0.2) is 0 Å². The third-order valence-corrected chi connectivity index (χ3v) is 2.50. The Kier molecular flexibility index (Phi) is 1.89. The van der Waals surface area contributed by atoms with Gasteiger partial charge in [0.1, 0.15) is 6.04 Å². The highest BCUT2D eigenvalue weighted by atomic mass is 32.2. The normalized spacial score (nSPS) is 29.0. The molecule has 1 amide bonds. The molecule has 0 aromatic rings. The van der Waals surface area contributed by atoms with Gasteiger partial charge in [0, 0.05) is 0 Å². The van der Waals surface area contributed by atoms with Crippen LogP contribution < -0.4 is 9.44 Å². The molecule has 0 radical (unpaired) electrons. The van der Waals surface area contributed by atoms with Crippen molar-refractivity contribution in [2.45, 2.75) is 19.9 Å². The number of rotatable bonds is 1. The minimum atomic E-state index is -3.54. The molecule has 1 fully saturated rings. The lowest BCUT2D eigenvalue weighted by Gasteiger charge is -2.08. The van der Waals surface area contributed by atoms with Crippen LogP contribution in [-0.2, 0) is 15.0 Å². The summed E-state index contributed by atoms with van der Waals surface area (Å²) >= 11 is 0. The molecule has 0 saturated carbocycles. The van der Waals surface area contributed by atoms with Gasteiger partial charge in [0.05, 0.1) is 0 Å². The van der Waals surface area contributed by atoms with E-state index in [2.05, 4.69) is 4.72 Å². The van der Waals surface area contributed by atoms with Gasteiger partial charge < -0.3 is 0 Å². The molecule has 0 unspecified atom stereocenters. The molecule has 1 saturated heterocycles. The third kappa shape index (κ3) is 1.69. The minimum Gasteiger partial charge on any atom is -0.272 e. The zero-order chi connectivity index (χ0) is 8.65. The van der Waals surface area contributed by atoms with E-state index in [1.807, 2.05) is 4.72 Å². The van der Waals surface area contributed by atoms with Gasteiger partial charge in [-0.25, -0.2) is 4.72 Å². The van der Waals surface area contributed by atoms with E-state index < -0.39 is 22.2 Å². The molecule has 1 aliphatic rings. The van der Waals surface area contributed by atoms with E-state index in [1.165, 1.54) is 0 Å². The van der Waals surface area contributed by atoms with Crippen molar-refractivity contribution in [1.29, 1.82) is 0 Å². The molecule has 1 aliphatic heterocycles. The summed E-state index contributed by atoms with van der Waals surface area (Å²) in [5, 5.41) is 0. The smallest absolute Gasteiger partial charge is 0.272 e. The Morgan fingerprint density at radius 3 is 2.18 bits per heavy atom. The molecule has 0 aromatic carbocycles. The van der Waals surface area contributed by atoms with E-state index in [-0.39, 0.29) is 5.92 Å². The summed E-state index contributed by atoms with van der Waals surface area (Å²) in [6.07, 6.45) is 0. The van der Waals surface area contributed by atoms with Gasteiger partial charge in [-0.1, -0.05) is 13.8 Å². The molecule has 1 atom stereocenters. The van der Waals surface area contributed by atoms with Crippen molar-refractivity contribution in [1.82, 2.24) is 9.44 Å². The Morgan fingerprint density at radius 2 is 2.00 bits per heavy atom. The molecule has 2 N–H and O–H groups in total. The van der Waals surface area contributed by atoms with Crippen LogP contribution in [0.1, 0.15) is 13.8 Å². The lowest BCUT2D eigenvalue weighted by atomic mass is 10.1. The second-order valence-corrected chi connectivity index (χ2v) is 4.26. The Bertz CT molecular complexity index is 269. The molecule has 0 spiro atoms. The number of amides is 1. The summed E-state index contributed by atoms with van der Waals surface area (Å²) in [7, 11) is -3.54. The summed E-state index contributed by atoms with van der Waals surface area (Å²) < 4.78 is 25.5. The molecule has 0 aromatic heterocycles. The quantitative estimate of drug-likeness (QED) is 0.539. The maximum Gasteiger partial charge on any atom is 0.302 e. The maximum absolute atomic E-state index is 10.9. The number of carbonyl (C=O) groups is 1. The molecular weight excluding hydrogens is 168 g/mol. The molecule has 6 heteroatoms. The van der Waals surface area contributed by atoms with Crippen LogP contribution in [0.3, 0.4) is 0 Å². The van der Waals surface area contributed by atoms with Gasteiger partial charge in [0.2, 0.25) is 0 Å². The SMILES string of the molecule is CC(C)[C@H]1NS(=O)(=O)NC1=O. The second-order valence-electron chi connectivity index (χ2n) is 2.81. The molecule has 64 valence electrons. The summed E-state index contributed by atoms with van der Waals surface area (Å²) in [4.78, 5) is 10.9. The van der Waals surface area contributed by atoms with Crippen LogP contribution in [0.4, 0.5) is 0 Å². The molecule has 0 aliphatic carbocycles. The van der Waals surface area contributed by atoms with Crippen molar-refractivity contribution < 1.29 is 13.2 Å². The fourth-order valence-electron chi connectivity index (χ4n) is 0.885. The van der Waals surface area contributed by atoms with Gasteiger partial charge in [-0.15, -0.1) is 0 Å². The first-order valence-corrected chi connectivity index (χ1v) is 4.74. The van der Waals surface area contributed by atoms with E-state index in [0.717, 1.165) is 0 Å². The van der Waals surface area contributed by atoms with E-state index >= 15 is 0 Å². The fraction of sp³-hybridized carbons (Fsp3) is 0.800. The first-order valence-electron chi connectivity index (χ1n) is 3.26. The fourth-order valence-corrected chi connectivity index (χ4v) is 2.05. The standard InChI is InChI=1S/C5H10N2O3S/c1-3(2)4-5(8)7-11(9,10)6-4/h3-4,6H,1-2H3,(H,7,8)/t4-/m1/s1. The molecule has 1 rings (SSSR count). The van der Waals surface area contributed by atoms with Crippen molar-refractivity contribution in [3.05, 3.63) is 0 Å². The molecule has 11 heavy (non-hydrogen) atoms. The minimum absolute atomic E-state index is 0.0210. The average Bonchev–Trinajstić information content (AvgIpc) is 2.05. The van der Waals surface area contributed by atoms with Gasteiger partial charge >= 0.3 is 10.2 Å². The molecule has 0 bridgehead atoms. The molecule has 1 heterocycles. The molecular formula is C5H10N2O3S. The van der Waals surface area contributed by atoms with Gasteiger partial charge in [0.25, 0.3) is 5.91 Å². The Balaban J connectivity index is 2.83. The van der Waals surface area contributed by atoms with Gasteiger partial charge in [-0.2, -0.15) is 13.1 Å². The zero-order valence-corrected chi connectivity index (χ0v) is 7.10. The Morgan fingerprint density at radius 1 is 1.45 bits per heavy atom. The highest BCUT2D eigenvalue weighted by molar-refractivity contribution is 7.88. The largest absolute Gasteiger partial charge is 0.302 e. The summed E-state index contributed by atoms with van der Waals surface area (Å²) in [5.41, 5.74) is 0. The van der Waals surface area contributed by atoms with E-state index in [9.17, 15) is 13.2 Å². The Hall–Kier alpha value is -0.620. The van der Waals surface area contributed by atoms with Crippen LogP contribution in [0.2, 0.25) is 0 Å². The number of hydrogen-bond donors (Lipinski definition) is 2. The van der Waals surface area contributed by atoms with Crippen molar-refractivity contribution in [2.24, 2.45) is 5.92 Å². The van der Waals surface area contributed by atoms with E-state index in [4.69, 9.17) is 0 Å². The van der Waals surface area contributed by atoms with Crippen molar-refractivity contribution in [3.8, 4) is 0 Å². The summed E-state index contributed by atoms with van der Waals surface area (Å²) in [6, 6.07) is -0.611. The van der Waals surface area contributed by atoms with Crippen molar-refractivity contribution in [3.63, 3.8) is 0 Å². The summed E-state index contributed by atoms with van der Waals surface area (Å²) in [5.74, 6) is -0.493. The second kappa shape index (κ2) is 2.46. The monoisotopic (exact) mass is 178 g/mol. The molecule has 5 nitrogen and oxygen atoms in total. The van der Waals surface area contributed by atoms with Crippen molar-refractivity contribution >= 4 is 16.1 Å². The van der Waals surface area contributed by atoms with E-state index in [1.54, 1.807) is 13.8 Å². The van der Waals surface area contributed by atoms with Gasteiger partial charge in [-0.05, 0) is 5.92 Å². The van der Waals surface area contributed by atoms with Crippen LogP contribution in [0.25, 0.3) is 0 Å². The first-order chi connectivity index (χ1) is 4.92. The lowest BCUT2D eigenvalue weighted by Crippen LogP contribution is -2.34. The van der Waals surface area contributed by atoms with Gasteiger partial charge in [0.15, 0.2) is 0 Å². The maximum atomic E-state index is 10.9. The zero-order valence-electron chi connectivity index (χ0n) is 6.29. The predicted molar refractivity (Wildman–Crippen MR) is 38.8 cm³/mol. The van der Waals surface area contributed by atoms with E-state index in [0.29, 0.717) is 0 Å². The predicted octanol–water partition coefficient (Wildman–Crippen LogP) is -1.02. The van der Waals surface area contributed by atoms with Crippen LogP contribution in [-0.4, -0.2) is 20.4 Å². The van der Waals surface area contributed by atoms with Crippen LogP contribution in [0.5, 0.6) is 0 Å². The Labute approximate surface area is 65.4 Å². The first kappa shape index (κ1) is 8.48. The third-order valence-electron chi connectivity index (χ3n) is 1.47. The highest BCUT2D eigenvalue weighted by Crippen LogP contribution is 2.07. The highest BCUT2D eigenvalue weighted by Gasteiger charge is 2.35. The van der Waals surface area contributed by atoms with Crippen molar-refractivity contribution in [2.75, 3.05) is 0 Å².